The summed E-state index contributed by atoms with van der Waals surface area (Å²) in [5.74, 6) is 0.692. The van der Waals surface area contributed by atoms with Crippen LogP contribution < -0.4 is 15.5 Å². The average Bonchev–Trinajstić information content (AvgIpc) is 2.81. The van der Waals surface area contributed by atoms with Crippen LogP contribution in [0, 0.1) is 5.92 Å². The number of nitrogens with one attached hydrogen (secondary N) is 2. The van der Waals surface area contributed by atoms with E-state index in [1.54, 1.807) is 12.1 Å². The van der Waals surface area contributed by atoms with E-state index in [4.69, 9.17) is 27.9 Å². The zero-order valence-corrected chi connectivity index (χ0v) is 19.7. The molecule has 1 aromatic heterocycles. The van der Waals surface area contributed by atoms with Gasteiger partial charge in [-0.05, 0) is 29.8 Å². The highest BCUT2D eigenvalue weighted by Crippen LogP contribution is 2.25. The Labute approximate surface area is 203 Å². The highest BCUT2D eigenvalue weighted by molar-refractivity contribution is 6.42. The fraction of sp³-hybridized carbons (Fsp3) is 0.435. The Hall–Kier alpha value is -2.39. The molecular formula is C23H27Cl2N5O3. The number of halogens is 2. The molecule has 4 rings (SSSR count). The van der Waals surface area contributed by atoms with Crippen LogP contribution in [-0.2, 0) is 16.1 Å². The third-order valence-electron chi connectivity index (χ3n) is 5.77. The van der Waals surface area contributed by atoms with E-state index in [1.807, 2.05) is 18.2 Å². The zero-order chi connectivity index (χ0) is 23.2. The molecule has 2 aliphatic heterocycles. The molecule has 0 unspecified atom stereocenters. The number of hydrogen-bond donors (Lipinski definition) is 2. The number of anilines is 1. The minimum absolute atomic E-state index is 0.0657. The van der Waals surface area contributed by atoms with E-state index in [2.05, 4.69) is 25.4 Å². The Balaban J connectivity index is 1.12. The van der Waals surface area contributed by atoms with E-state index in [9.17, 15) is 9.59 Å². The fourth-order valence-corrected chi connectivity index (χ4v) is 4.24. The second-order valence-corrected chi connectivity index (χ2v) is 9.11. The Bertz CT molecular complexity index is 977. The molecule has 10 heteroatoms. The molecule has 3 heterocycles. The minimum Gasteiger partial charge on any atom is -0.378 e. The molecule has 1 aromatic carbocycles. The van der Waals surface area contributed by atoms with E-state index in [1.165, 1.54) is 6.20 Å². The van der Waals surface area contributed by atoms with Crippen LogP contribution in [0.5, 0.6) is 0 Å². The van der Waals surface area contributed by atoms with Crippen molar-refractivity contribution in [3.63, 3.8) is 0 Å². The Kier molecular flexibility index (Phi) is 8.03. The molecule has 0 bridgehead atoms. The standard InChI is InChI=1S/C23H27Cl2N5O3/c24-19-3-1-16(9-20(19)25)13-29-14-17(15-29)10-27-22(31)12-28-23(32)18-2-4-21(26-11-18)30-5-7-33-8-6-30/h1-4,9,11,17H,5-8,10,12-15H2,(H,27,31)(H,28,32). The van der Waals surface area contributed by atoms with Gasteiger partial charge >= 0.3 is 0 Å². The van der Waals surface area contributed by atoms with Gasteiger partial charge < -0.3 is 20.3 Å². The molecule has 0 atom stereocenters. The topological polar surface area (TPSA) is 86.8 Å². The molecule has 2 amide bonds. The van der Waals surface area contributed by atoms with Crippen molar-refractivity contribution in [1.29, 1.82) is 0 Å². The first-order valence-corrected chi connectivity index (χ1v) is 11.7. The predicted octanol–water partition coefficient (Wildman–Crippen LogP) is 2.20. The van der Waals surface area contributed by atoms with E-state index in [-0.39, 0.29) is 18.4 Å². The van der Waals surface area contributed by atoms with Gasteiger partial charge in [-0.2, -0.15) is 0 Å². The number of rotatable bonds is 8. The number of morpholine rings is 1. The smallest absolute Gasteiger partial charge is 0.253 e. The summed E-state index contributed by atoms with van der Waals surface area (Å²) in [5.41, 5.74) is 1.54. The van der Waals surface area contributed by atoms with Gasteiger partial charge in [-0.25, -0.2) is 4.98 Å². The number of hydrogen-bond acceptors (Lipinski definition) is 6. The Morgan fingerprint density at radius 3 is 2.55 bits per heavy atom. The van der Waals surface area contributed by atoms with Gasteiger partial charge in [-0.15, -0.1) is 0 Å². The van der Waals surface area contributed by atoms with Gasteiger partial charge in [0, 0.05) is 51.4 Å². The second-order valence-electron chi connectivity index (χ2n) is 8.30. The van der Waals surface area contributed by atoms with Crippen LogP contribution in [0.2, 0.25) is 10.0 Å². The third kappa shape index (κ3) is 6.57. The monoisotopic (exact) mass is 491 g/mol. The maximum absolute atomic E-state index is 12.3. The molecule has 2 fully saturated rings. The molecular weight excluding hydrogens is 465 g/mol. The molecule has 2 saturated heterocycles. The Morgan fingerprint density at radius 1 is 1.06 bits per heavy atom. The molecule has 0 radical (unpaired) electrons. The lowest BCUT2D eigenvalue weighted by atomic mass is 9.99. The van der Waals surface area contributed by atoms with Crippen LogP contribution in [0.15, 0.2) is 36.5 Å². The van der Waals surface area contributed by atoms with E-state index < -0.39 is 0 Å². The average molecular weight is 492 g/mol. The van der Waals surface area contributed by atoms with Gasteiger partial charge in [-0.1, -0.05) is 29.3 Å². The molecule has 2 aromatic rings. The van der Waals surface area contributed by atoms with Crippen molar-refractivity contribution in [2.45, 2.75) is 6.54 Å². The molecule has 0 saturated carbocycles. The lowest BCUT2D eigenvalue weighted by Gasteiger charge is -2.39. The van der Waals surface area contributed by atoms with E-state index >= 15 is 0 Å². The third-order valence-corrected chi connectivity index (χ3v) is 6.50. The summed E-state index contributed by atoms with van der Waals surface area (Å²) < 4.78 is 5.34. The molecule has 0 aliphatic carbocycles. The normalized spacial score (nSPS) is 16.8. The zero-order valence-electron chi connectivity index (χ0n) is 18.2. The van der Waals surface area contributed by atoms with Crippen LogP contribution in [0.25, 0.3) is 0 Å². The van der Waals surface area contributed by atoms with Gasteiger partial charge in [-0.3, -0.25) is 14.5 Å². The second kappa shape index (κ2) is 11.2. The van der Waals surface area contributed by atoms with E-state index in [0.717, 1.165) is 44.1 Å². The maximum atomic E-state index is 12.3. The first kappa shape index (κ1) is 23.8. The number of carbonyl (C=O) groups excluding carboxylic acids is 2. The molecule has 33 heavy (non-hydrogen) atoms. The van der Waals surface area contributed by atoms with Crippen molar-refractivity contribution in [3.8, 4) is 0 Å². The van der Waals surface area contributed by atoms with Crippen LogP contribution in [0.1, 0.15) is 15.9 Å². The van der Waals surface area contributed by atoms with Gasteiger partial charge in [0.2, 0.25) is 5.91 Å². The van der Waals surface area contributed by atoms with Crippen LogP contribution in [0.4, 0.5) is 5.82 Å². The summed E-state index contributed by atoms with van der Waals surface area (Å²) in [6.07, 6.45) is 1.54. The summed E-state index contributed by atoms with van der Waals surface area (Å²) in [6, 6.07) is 9.20. The highest BCUT2D eigenvalue weighted by Gasteiger charge is 2.27. The quantitative estimate of drug-likeness (QED) is 0.588. The minimum atomic E-state index is -0.317. The van der Waals surface area contributed by atoms with Crippen molar-refractivity contribution in [2.75, 3.05) is 57.4 Å². The number of pyridine rings is 1. The summed E-state index contributed by atoms with van der Waals surface area (Å²) in [7, 11) is 0. The number of likely N-dealkylation sites (tertiary alicyclic amines) is 1. The van der Waals surface area contributed by atoms with Crippen molar-refractivity contribution in [2.24, 2.45) is 5.92 Å². The fourth-order valence-electron chi connectivity index (χ4n) is 3.91. The van der Waals surface area contributed by atoms with Gasteiger partial charge in [0.1, 0.15) is 5.82 Å². The predicted molar refractivity (Wildman–Crippen MR) is 128 cm³/mol. The largest absolute Gasteiger partial charge is 0.378 e. The first-order valence-electron chi connectivity index (χ1n) is 11.0. The van der Waals surface area contributed by atoms with Crippen molar-refractivity contribution in [1.82, 2.24) is 20.5 Å². The van der Waals surface area contributed by atoms with Crippen LogP contribution >= 0.6 is 23.2 Å². The van der Waals surface area contributed by atoms with Crippen molar-refractivity contribution < 1.29 is 14.3 Å². The first-order chi connectivity index (χ1) is 16.0. The van der Waals surface area contributed by atoms with Crippen LogP contribution in [0.3, 0.4) is 0 Å². The number of benzene rings is 1. The van der Waals surface area contributed by atoms with E-state index in [0.29, 0.717) is 41.3 Å². The van der Waals surface area contributed by atoms with Crippen molar-refractivity contribution >= 4 is 40.8 Å². The summed E-state index contributed by atoms with van der Waals surface area (Å²) >= 11 is 12.0. The van der Waals surface area contributed by atoms with Gasteiger partial charge in [0.05, 0.1) is 35.4 Å². The molecule has 8 nitrogen and oxygen atoms in total. The Morgan fingerprint density at radius 2 is 1.85 bits per heavy atom. The number of carbonyl (C=O) groups is 2. The highest BCUT2D eigenvalue weighted by atomic mass is 35.5. The number of ether oxygens (including phenoxy) is 1. The van der Waals surface area contributed by atoms with Crippen molar-refractivity contribution in [3.05, 3.63) is 57.7 Å². The lowest BCUT2D eigenvalue weighted by molar-refractivity contribution is -0.120. The summed E-state index contributed by atoms with van der Waals surface area (Å²) in [5, 5.41) is 6.66. The molecule has 0 spiro atoms. The molecule has 2 N–H and O–H groups in total. The maximum Gasteiger partial charge on any atom is 0.253 e. The molecule has 176 valence electrons. The number of amides is 2. The number of nitrogens with zero attached hydrogens (tertiary/aromatic N) is 3. The van der Waals surface area contributed by atoms with Crippen LogP contribution in [-0.4, -0.2) is 74.2 Å². The van der Waals surface area contributed by atoms with Gasteiger partial charge in [0.25, 0.3) is 5.91 Å². The summed E-state index contributed by atoms with van der Waals surface area (Å²) in [6.45, 7) is 6.04. The SMILES string of the molecule is O=C(CNC(=O)c1ccc(N2CCOCC2)nc1)NCC1CN(Cc2ccc(Cl)c(Cl)c2)C1. The molecule has 2 aliphatic rings. The summed E-state index contributed by atoms with van der Waals surface area (Å²) in [4.78, 5) is 33.2. The lowest BCUT2D eigenvalue weighted by Crippen LogP contribution is -2.51. The van der Waals surface area contributed by atoms with Gasteiger partial charge in [0.15, 0.2) is 0 Å². The number of aromatic nitrogens is 1.